The van der Waals surface area contributed by atoms with Crippen LogP contribution in [0.25, 0.3) is 0 Å². The lowest BCUT2D eigenvalue weighted by molar-refractivity contribution is 0.223. The van der Waals surface area contributed by atoms with E-state index < -0.39 is 10.8 Å². The Balaban J connectivity index is 0.00000364. The third-order valence-electron chi connectivity index (χ3n) is 4.76. The molecular formula is C20H34IN3O2S. The molecule has 0 radical (unpaired) electrons. The molecule has 4 unspecified atom stereocenters. The van der Waals surface area contributed by atoms with Crippen LogP contribution in [0, 0.1) is 6.92 Å². The van der Waals surface area contributed by atoms with Crippen molar-refractivity contribution in [1.29, 1.82) is 0 Å². The van der Waals surface area contributed by atoms with E-state index in [0.29, 0.717) is 17.8 Å². The summed E-state index contributed by atoms with van der Waals surface area (Å²) in [7, 11) is 1.08. The van der Waals surface area contributed by atoms with Crippen LogP contribution in [0.4, 0.5) is 0 Å². The van der Waals surface area contributed by atoms with Crippen molar-refractivity contribution < 1.29 is 8.95 Å². The molecule has 1 aromatic carbocycles. The first-order valence-corrected chi connectivity index (χ1v) is 11.0. The molecule has 1 saturated carbocycles. The van der Waals surface area contributed by atoms with Gasteiger partial charge in [-0.05, 0) is 45.2 Å². The Hall–Kier alpha value is -0.830. The van der Waals surface area contributed by atoms with Gasteiger partial charge in [0, 0.05) is 34.9 Å². The Morgan fingerprint density at radius 3 is 2.67 bits per heavy atom. The van der Waals surface area contributed by atoms with E-state index in [2.05, 4.69) is 34.7 Å². The molecule has 0 bridgehead atoms. The minimum atomic E-state index is -0.707. The zero-order chi connectivity index (χ0) is 18.9. The fraction of sp³-hybridized carbons (Fsp3) is 0.650. The lowest BCUT2D eigenvalue weighted by atomic mass is 9.95. The van der Waals surface area contributed by atoms with Gasteiger partial charge in [-0.3, -0.25) is 9.20 Å². The summed E-state index contributed by atoms with van der Waals surface area (Å²) in [4.78, 5) is 4.33. The number of hydrogen-bond acceptors (Lipinski definition) is 3. The van der Waals surface area contributed by atoms with Crippen LogP contribution >= 0.6 is 24.0 Å². The zero-order valence-electron chi connectivity index (χ0n) is 16.9. The monoisotopic (exact) mass is 507 g/mol. The molecular weight excluding hydrogens is 473 g/mol. The highest BCUT2D eigenvalue weighted by molar-refractivity contribution is 14.0. The van der Waals surface area contributed by atoms with Crippen molar-refractivity contribution in [1.82, 2.24) is 10.6 Å². The summed E-state index contributed by atoms with van der Waals surface area (Å²) in [5.74, 6) is 2.42. The molecule has 1 aliphatic carbocycles. The fourth-order valence-corrected chi connectivity index (χ4v) is 4.62. The predicted octanol–water partition coefficient (Wildman–Crippen LogP) is 3.63. The Kier molecular flexibility index (Phi) is 11.3. The molecule has 0 amide bonds. The van der Waals surface area contributed by atoms with Crippen LogP contribution in [0.2, 0.25) is 0 Å². The maximum absolute atomic E-state index is 12.1. The van der Waals surface area contributed by atoms with Crippen molar-refractivity contribution in [3.8, 4) is 5.75 Å². The quantitative estimate of drug-likeness (QED) is 0.336. The molecule has 0 aliphatic heterocycles. The highest BCUT2D eigenvalue weighted by Crippen LogP contribution is 2.23. The van der Waals surface area contributed by atoms with E-state index in [-0.39, 0.29) is 30.1 Å². The maximum Gasteiger partial charge on any atom is 0.191 e. The van der Waals surface area contributed by atoms with Crippen molar-refractivity contribution in [2.75, 3.05) is 19.3 Å². The first kappa shape index (κ1) is 24.2. The van der Waals surface area contributed by atoms with Crippen LogP contribution in [0.15, 0.2) is 29.3 Å². The fourth-order valence-electron chi connectivity index (χ4n) is 3.27. The molecule has 0 saturated heterocycles. The molecule has 0 aromatic heterocycles. The summed E-state index contributed by atoms with van der Waals surface area (Å²) in [6.45, 7) is 6.78. The van der Waals surface area contributed by atoms with Crippen LogP contribution in [0.5, 0.6) is 5.75 Å². The van der Waals surface area contributed by atoms with Gasteiger partial charge in [0.1, 0.15) is 11.9 Å². The van der Waals surface area contributed by atoms with Crippen LogP contribution in [0.3, 0.4) is 0 Å². The van der Waals surface area contributed by atoms with E-state index in [1.54, 1.807) is 7.05 Å². The summed E-state index contributed by atoms with van der Waals surface area (Å²) in [5, 5.41) is 7.15. The highest BCUT2D eigenvalue weighted by atomic mass is 127. The molecule has 2 N–H and O–H groups in total. The largest absolute Gasteiger partial charge is 0.489 e. The van der Waals surface area contributed by atoms with Crippen molar-refractivity contribution in [3.63, 3.8) is 0 Å². The first-order chi connectivity index (χ1) is 12.5. The lowest BCUT2D eigenvalue weighted by Gasteiger charge is -2.30. The Morgan fingerprint density at radius 1 is 1.33 bits per heavy atom. The lowest BCUT2D eigenvalue weighted by Crippen LogP contribution is -2.48. The summed E-state index contributed by atoms with van der Waals surface area (Å²) in [6, 6.07) is 8.43. The maximum atomic E-state index is 12.1. The number of aryl methyl sites for hydroxylation is 1. The van der Waals surface area contributed by atoms with E-state index >= 15 is 0 Å². The second-order valence-electron chi connectivity index (χ2n) is 6.99. The number of rotatable bonds is 7. The smallest absolute Gasteiger partial charge is 0.191 e. The van der Waals surface area contributed by atoms with Gasteiger partial charge in [0.25, 0.3) is 0 Å². The standard InChI is InChI=1S/C20H33N3O2S.HI/c1-5-26(24)19-8-6-7-17(13-19)23-20(21-4)22-14-16(3)25-18-11-9-15(2)10-12-18;/h9-12,16-17,19H,5-8,13-14H2,1-4H3,(H2,21,22,23);1H. The molecule has 27 heavy (non-hydrogen) atoms. The van der Waals surface area contributed by atoms with Gasteiger partial charge in [-0.25, -0.2) is 0 Å². The molecule has 154 valence electrons. The normalized spacial score (nSPS) is 22.3. The van der Waals surface area contributed by atoms with Gasteiger partial charge >= 0.3 is 0 Å². The molecule has 7 heteroatoms. The summed E-state index contributed by atoms with van der Waals surface area (Å²) >= 11 is 0. The van der Waals surface area contributed by atoms with Crippen LogP contribution in [-0.2, 0) is 10.8 Å². The molecule has 2 rings (SSSR count). The second kappa shape index (κ2) is 12.6. The number of hydrogen-bond donors (Lipinski definition) is 2. The number of aliphatic imine (C=N–C) groups is 1. The topological polar surface area (TPSA) is 62.7 Å². The number of benzene rings is 1. The van der Waals surface area contributed by atoms with Crippen LogP contribution in [-0.4, -0.2) is 46.9 Å². The van der Waals surface area contributed by atoms with Crippen molar-refractivity contribution in [3.05, 3.63) is 29.8 Å². The summed E-state index contributed by atoms with van der Waals surface area (Å²) < 4.78 is 18.0. The molecule has 0 heterocycles. The van der Waals surface area contributed by atoms with Crippen LogP contribution < -0.4 is 15.4 Å². The molecule has 1 aromatic rings. The second-order valence-corrected chi connectivity index (χ2v) is 9.00. The van der Waals surface area contributed by atoms with Crippen molar-refractivity contribution >= 4 is 40.7 Å². The minimum absolute atomic E-state index is 0. The average Bonchev–Trinajstić information content (AvgIpc) is 2.66. The van der Waals surface area contributed by atoms with Crippen LogP contribution in [0.1, 0.15) is 45.1 Å². The third-order valence-corrected chi connectivity index (χ3v) is 6.50. The highest BCUT2D eigenvalue weighted by Gasteiger charge is 2.26. The average molecular weight is 507 g/mol. The van der Waals surface area contributed by atoms with Crippen molar-refractivity contribution in [2.24, 2.45) is 4.99 Å². The van der Waals surface area contributed by atoms with Gasteiger partial charge in [-0.15, -0.1) is 24.0 Å². The van der Waals surface area contributed by atoms with Crippen molar-refractivity contribution in [2.45, 2.75) is 63.9 Å². The number of nitrogens with zero attached hydrogens (tertiary/aromatic N) is 1. The van der Waals surface area contributed by atoms with E-state index in [4.69, 9.17) is 4.74 Å². The van der Waals surface area contributed by atoms with Gasteiger partial charge < -0.3 is 15.4 Å². The van der Waals surface area contributed by atoms with E-state index in [0.717, 1.165) is 43.1 Å². The van der Waals surface area contributed by atoms with Gasteiger partial charge in [0.05, 0.1) is 6.54 Å². The molecule has 1 aliphatic rings. The van der Waals surface area contributed by atoms with Gasteiger partial charge in [-0.2, -0.15) is 0 Å². The van der Waals surface area contributed by atoms with Gasteiger partial charge in [-0.1, -0.05) is 31.0 Å². The van der Waals surface area contributed by atoms with E-state index in [9.17, 15) is 4.21 Å². The van der Waals surface area contributed by atoms with Gasteiger partial charge in [0.15, 0.2) is 5.96 Å². The Bertz CT molecular complexity index is 610. The van der Waals surface area contributed by atoms with E-state index in [1.807, 2.05) is 26.0 Å². The van der Waals surface area contributed by atoms with Gasteiger partial charge in [0.2, 0.25) is 0 Å². The number of nitrogens with one attached hydrogen (secondary N) is 2. The number of halogens is 1. The zero-order valence-corrected chi connectivity index (χ0v) is 20.0. The number of ether oxygens (including phenoxy) is 1. The molecule has 5 nitrogen and oxygen atoms in total. The van der Waals surface area contributed by atoms with E-state index in [1.165, 1.54) is 5.56 Å². The molecule has 4 atom stereocenters. The third kappa shape index (κ3) is 8.37. The Morgan fingerprint density at radius 2 is 2.04 bits per heavy atom. The Labute approximate surface area is 183 Å². The first-order valence-electron chi connectivity index (χ1n) is 9.59. The molecule has 0 spiro atoms. The SMILES string of the molecule is CCS(=O)C1CCCC(NC(=NC)NCC(C)Oc2ccc(C)cc2)C1.I. The summed E-state index contributed by atoms with van der Waals surface area (Å²) in [5.41, 5.74) is 1.22. The minimum Gasteiger partial charge on any atom is -0.489 e. The summed E-state index contributed by atoms with van der Waals surface area (Å²) in [6.07, 6.45) is 4.29. The predicted molar refractivity (Wildman–Crippen MR) is 126 cm³/mol. The molecule has 1 fully saturated rings. The number of guanidine groups is 1.